The predicted octanol–water partition coefficient (Wildman–Crippen LogP) is 1.99. The van der Waals surface area contributed by atoms with Gasteiger partial charge in [-0.1, -0.05) is 71.6 Å². The Balaban J connectivity index is 1.51. The molecule has 3 rings (SSSR count). The average Bonchev–Trinajstić information content (AvgIpc) is 2.71. The first-order chi connectivity index (χ1) is 13.5. The van der Waals surface area contributed by atoms with Gasteiger partial charge in [0.1, 0.15) is 28.9 Å². The minimum Gasteiger partial charge on any atom is -0.457 e. The van der Waals surface area contributed by atoms with Gasteiger partial charge in [0, 0.05) is 0 Å². The molecule has 0 aliphatic carbocycles. The van der Waals surface area contributed by atoms with Crippen LogP contribution in [0.15, 0.2) is 72.8 Å². The lowest BCUT2D eigenvalue weighted by molar-refractivity contribution is 0.0460. The van der Waals surface area contributed by atoms with Gasteiger partial charge < -0.3 is 9.47 Å². The van der Waals surface area contributed by atoms with Gasteiger partial charge in [0.05, 0.1) is 11.1 Å². The molecule has 0 N–H and O–H groups in total. The van der Waals surface area contributed by atoms with Crippen LogP contribution in [0.3, 0.4) is 0 Å². The Labute approximate surface area is 166 Å². The highest BCUT2D eigenvalue weighted by Crippen LogP contribution is 2.10. The van der Waals surface area contributed by atoms with Crippen molar-refractivity contribution >= 4 is 38.6 Å². The summed E-state index contributed by atoms with van der Waals surface area (Å²) in [5.74, 6) is -0.875. The summed E-state index contributed by atoms with van der Waals surface area (Å²) in [4.78, 5) is 24.1. The summed E-state index contributed by atoms with van der Waals surface area (Å²) in [6.07, 6.45) is 0. The lowest BCUT2D eigenvalue weighted by atomic mass is 9.94. The molecule has 4 radical (unpaired) electrons. The summed E-state index contributed by atoms with van der Waals surface area (Å²) in [5.41, 5.74) is 3.47. The van der Waals surface area contributed by atoms with Gasteiger partial charge in [-0.2, -0.15) is 0 Å². The molecule has 0 saturated carbocycles. The van der Waals surface area contributed by atoms with Crippen LogP contribution in [-0.4, -0.2) is 27.6 Å². The molecular weight excluding hydrogens is 350 g/mol. The summed E-state index contributed by atoms with van der Waals surface area (Å²) in [6.45, 7) is 0.272. The van der Waals surface area contributed by atoms with Crippen molar-refractivity contribution in [3.8, 4) is 0 Å². The van der Waals surface area contributed by atoms with Crippen molar-refractivity contribution in [3.05, 3.63) is 95.1 Å². The molecule has 0 fully saturated rings. The fourth-order valence-electron chi connectivity index (χ4n) is 2.53. The Morgan fingerprint density at radius 2 is 1.04 bits per heavy atom. The minimum absolute atomic E-state index is 0.136. The lowest BCUT2D eigenvalue weighted by Gasteiger charge is -2.08. The van der Waals surface area contributed by atoms with Crippen LogP contribution < -0.4 is 10.9 Å². The molecule has 0 amide bonds. The summed E-state index contributed by atoms with van der Waals surface area (Å²) in [5, 5.41) is 0. The summed E-state index contributed by atoms with van der Waals surface area (Å²) >= 11 is 0. The number of ether oxygens (including phenoxy) is 2. The van der Waals surface area contributed by atoms with Gasteiger partial charge in [-0.05, 0) is 23.3 Å². The lowest BCUT2D eigenvalue weighted by Crippen LogP contribution is -2.10. The van der Waals surface area contributed by atoms with Gasteiger partial charge in [-0.25, -0.2) is 9.59 Å². The fraction of sp³-hybridized carbons (Fsp3) is 0.0909. The van der Waals surface area contributed by atoms with E-state index in [9.17, 15) is 9.59 Å². The third kappa shape index (κ3) is 5.36. The topological polar surface area (TPSA) is 52.6 Å². The van der Waals surface area contributed by atoms with Crippen molar-refractivity contribution in [2.24, 2.45) is 0 Å². The highest BCUT2D eigenvalue weighted by Gasteiger charge is 2.09. The maximum Gasteiger partial charge on any atom is 0.338 e. The number of benzene rings is 3. The van der Waals surface area contributed by atoms with Crippen LogP contribution >= 0.6 is 0 Å². The van der Waals surface area contributed by atoms with E-state index in [1.54, 1.807) is 48.5 Å². The Bertz CT molecular complexity index is 903. The quantitative estimate of drug-likeness (QED) is 0.495. The van der Waals surface area contributed by atoms with Crippen molar-refractivity contribution < 1.29 is 19.1 Å². The monoisotopic (exact) mass is 366 g/mol. The summed E-state index contributed by atoms with van der Waals surface area (Å²) in [6, 6.07) is 20.5. The van der Waals surface area contributed by atoms with Crippen molar-refractivity contribution in [1.82, 2.24) is 0 Å². The SMILES string of the molecule is [B]c1cccc(C(=O)OCc2ccc(COC(=O)c3cccc([B])c3)cc2)c1. The zero-order valence-corrected chi connectivity index (χ0v) is 15.1. The van der Waals surface area contributed by atoms with E-state index in [1.165, 1.54) is 0 Å². The Morgan fingerprint density at radius 3 is 1.39 bits per heavy atom. The summed E-state index contributed by atoms with van der Waals surface area (Å²) in [7, 11) is 11.3. The number of rotatable bonds is 6. The van der Waals surface area contributed by atoms with Gasteiger partial charge in [-0.15, -0.1) is 0 Å². The molecule has 0 spiro atoms. The second kappa shape index (κ2) is 9.09. The van der Waals surface area contributed by atoms with E-state index in [4.69, 9.17) is 25.2 Å². The van der Waals surface area contributed by atoms with Gasteiger partial charge >= 0.3 is 11.9 Å². The smallest absolute Gasteiger partial charge is 0.338 e. The zero-order valence-electron chi connectivity index (χ0n) is 15.1. The molecule has 0 aliphatic heterocycles. The molecule has 0 aliphatic rings. The van der Waals surface area contributed by atoms with Gasteiger partial charge in [0.25, 0.3) is 0 Å². The third-order valence-corrected chi connectivity index (χ3v) is 4.01. The largest absolute Gasteiger partial charge is 0.457 e. The van der Waals surface area contributed by atoms with E-state index in [2.05, 4.69) is 0 Å². The van der Waals surface area contributed by atoms with E-state index in [1.807, 2.05) is 24.3 Å². The number of carbonyl (C=O) groups is 2. The Morgan fingerprint density at radius 1 is 0.643 bits per heavy atom. The fourth-order valence-corrected chi connectivity index (χ4v) is 2.53. The van der Waals surface area contributed by atoms with Crippen LogP contribution in [0.2, 0.25) is 0 Å². The van der Waals surface area contributed by atoms with Crippen molar-refractivity contribution in [1.29, 1.82) is 0 Å². The molecule has 28 heavy (non-hydrogen) atoms. The average molecular weight is 366 g/mol. The molecule has 6 heteroatoms. The Hall–Kier alpha value is -3.27. The van der Waals surface area contributed by atoms with E-state index in [0.29, 0.717) is 22.1 Å². The normalized spacial score (nSPS) is 10.3. The van der Waals surface area contributed by atoms with E-state index >= 15 is 0 Å². The van der Waals surface area contributed by atoms with E-state index < -0.39 is 11.9 Å². The third-order valence-electron chi connectivity index (χ3n) is 4.01. The van der Waals surface area contributed by atoms with Crippen molar-refractivity contribution in [2.45, 2.75) is 13.2 Å². The highest BCUT2D eigenvalue weighted by molar-refractivity contribution is 6.33. The van der Waals surface area contributed by atoms with Crippen molar-refractivity contribution in [3.63, 3.8) is 0 Å². The van der Waals surface area contributed by atoms with Crippen LogP contribution in [0.4, 0.5) is 0 Å². The molecule has 0 atom stereocenters. The number of hydrogen-bond acceptors (Lipinski definition) is 4. The molecule has 134 valence electrons. The van der Waals surface area contributed by atoms with Crippen LogP contribution in [0, 0.1) is 0 Å². The molecular formula is C22H16B2O4. The Kier molecular flexibility index (Phi) is 6.33. The standard InChI is InChI=1S/C22H16B2O4/c23-19-5-1-3-17(11-19)21(25)27-13-15-7-9-16(10-8-15)14-28-22(26)18-4-2-6-20(24)12-18/h1-12H,13-14H2. The minimum atomic E-state index is -0.438. The van der Waals surface area contributed by atoms with E-state index in [0.717, 1.165) is 11.1 Å². The first-order valence-electron chi connectivity index (χ1n) is 8.64. The number of hydrogen-bond donors (Lipinski definition) is 0. The first-order valence-corrected chi connectivity index (χ1v) is 8.64. The molecule has 0 heterocycles. The number of carbonyl (C=O) groups excluding carboxylic acids is 2. The molecule has 3 aromatic rings. The molecule has 0 bridgehead atoms. The highest BCUT2D eigenvalue weighted by atomic mass is 16.5. The van der Waals surface area contributed by atoms with Crippen LogP contribution in [0.1, 0.15) is 31.8 Å². The van der Waals surface area contributed by atoms with Gasteiger partial charge in [0.2, 0.25) is 0 Å². The van der Waals surface area contributed by atoms with Crippen molar-refractivity contribution in [2.75, 3.05) is 0 Å². The van der Waals surface area contributed by atoms with Gasteiger partial charge in [-0.3, -0.25) is 0 Å². The first kappa shape index (κ1) is 19.5. The summed E-state index contributed by atoms with van der Waals surface area (Å²) < 4.78 is 10.6. The predicted molar refractivity (Wildman–Crippen MR) is 108 cm³/mol. The maximum atomic E-state index is 12.0. The van der Waals surface area contributed by atoms with E-state index in [-0.39, 0.29) is 13.2 Å². The molecule has 3 aromatic carbocycles. The molecule has 0 aromatic heterocycles. The van der Waals surface area contributed by atoms with Crippen LogP contribution in [0.5, 0.6) is 0 Å². The van der Waals surface area contributed by atoms with Crippen LogP contribution in [-0.2, 0) is 22.7 Å². The number of esters is 2. The second-order valence-corrected chi connectivity index (χ2v) is 6.22. The molecule has 4 nitrogen and oxygen atoms in total. The molecule has 0 saturated heterocycles. The maximum absolute atomic E-state index is 12.0. The van der Waals surface area contributed by atoms with Crippen LogP contribution in [0.25, 0.3) is 0 Å². The molecule has 0 unspecified atom stereocenters. The zero-order chi connectivity index (χ0) is 19.9. The second-order valence-electron chi connectivity index (χ2n) is 6.22. The van der Waals surface area contributed by atoms with Gasteiger partial charge in [0.15, 0.2) is 0 Å².